The number of primary amides is 1. The van der Waals surface area contributed by atoms with Gasteiger partial charge in [-0.15, -0.1) is 0 Å². The molecule has 2 aromatic carbocycles. The normalized spacial score (nSPS) is 12.0. The Morgan fingerprint density at radius 1 is 1.16 bits per heavy atom. The van der Waals surface area contributed by atoms with Gasteiger partial charge >= 0.3 is 6.03 Å². The molecular weight excluding hydrogens is 499 g/mol. The van der Waals surface area contributed by atoms with Gasteiger partial charge in [-0.3, -0.25) is 9.52 Å². The van der Waals surface area contributed by atoms with Gasteiger partial charge in [0.2, 0.25) is 5.91 Å². The van der Waals surface area contributed by atoms with Gasteiger partial charge in [-0.2, -0.15) is 11.8 Å². The lowest BCUT2D eigenvalue weighted by molar-refractivity contribution is -0.117. The van der Waals surface area contributed by atoms with E-state index in [0.717, 1.165) is 0 Å². The molecule has 0 saturated heterocycles. The second-order valence-corrected chi connectivity index (χ2v) is 9.91. The minimum atomic E-state index is -4.04. The number of ether oxygens (including phenoxy) is 1. The molecule has 2 aromatic rings. The van der Waals surface area contributed by atoms with Gasteiger partial charge in [0.05, 0.1) is 27.7 Å². The lowest BCUT2D eigenvalue weighted by Gasteiger charge is -2.18. The van der Waals surface area contributed by atoms with Crippen molar-refractivity contribution in [1.29, 1.82) is 0 Å². The van der Waals surface area contributed by atoms with E-state index in [1.807, 2.05) is 6.26 Å². The lowest BCUT2D eigenvalue weighted by atomic mass is 10.2. The van der Waals surface area contributed by atoms with Crippen molar-refractivity contribution in [3.63, 3.8) is 0 Å². The summed E-state index contributed by atoms with van der Waals surface area (Å²) in [5, 5.41) is 5.34. The molecule has 0 radical (unpaired) electrons. The Balaban J connectivity index is 2.28. The molecule has 32 heavy (non-hydrogen) atoms. The maximum atomic E-state index is 12.8. The first-order valence-electron chi connectivity index (χ1n) is 9.09. The minimum absolute atomic E-state index is 0.0832. The number of methoxy groups -OCH3 is 1. The Bertz CT molecular complexity index is 1100. The third-order valence-corrected chi connectivity index (χ3v) is 6.90. The van der Waals surface area contributed by atoms with Crippen LogP contribution in [-0.2, 0) is 14.8 Å². The molecule has 0 spiro atoms. The predicted octanol–water partition coefficient (Wildman–Crippen LogP) is 3.53. The monoisotopic (exact) mass is 520 g/mol. The van der Waals surface area contributed by atoms with Crippen LogP contribution in [0.3, 0.4) is 0 Å². The highest BCUT2D eigenvalue weighted by molar-refractivity contribution is 7.98. The highest BCUT2D eigenvalue weighted by atomic mass is 35.5. The van der Waals surface area contributed by atoms with Crippen molar-refractivity contribution in [1.82, 2.24) is 5.32 Å². The van der Waals surface area contributed by atoms with Gasteiger partial charge in [-0.05, 0) is 54.8 Å². The van der Waals surface area contributed by atoms with E-state index in [2.05, 4.69) is 15.4 Å². The topological polar surface area (TPSA) is 140 Å². The van der Waals surface area contributed by atoms with E-state index in [0.29, 0.717) is 12.2 Å². The molecule has 9 nitrogen and oxygen atoms in total. The standard InChI is InChI=1S/C19H22Cl2N4O5S2/c1-30-17-6-3-11(23-18(26)15(7-8-31-2)24-19(22)27)9-16(17)25-32(28,29)12-4-5-13(20)14(21)10-12/h3-6,9-10,15,25H,7-8H2,1-2H3,(H,23,26)(H3,22,24,27)/t15-/m1/s1. The number of nitrogens with two attached hydrogens (primary N) is 1. The SMILES string of the molecule is COc1ccc(NC(=O)[C@@H](CCSC)NC(N)=O)cc1NS(=O)(=O)c1ccc(Cl)c(Cl)c1. The molecule has 5 N–H and O–H groups in total. The number of thioether (sulfide) groups is 1. The number of hydrogen-bond acceptors (Lipinski definition) is 6. The summed E-state index contributed by atoms with van der Waals surface area (Å²) in [4.78, 5) is 23.7. The molecule has 0 saturated carbocycles. The third kappa shape index (κ3) is 7.09. The molecule has 0 heterocycles. The minimum Gasteiger partial charge on any atom is -0.495 e. The highest BCUT2D eigenvalue weighted by Crippen LogP contribution is 2.31. The molecule has 0 fully saturated rings. The number of amides is 3. The number of benzene rings is 2. The van der Waals surface area contributed by atoms with Gasteiger partial charge in [-0.1, -0.05) is 23.2 Å². The van der Waals surface area contributed by atoms with Crippen molar-refractivity contribution >= 4 is 68.3 Å². The van der Waals surface area contributed by atoms with Crippen LogP contribution in [0.2, 0.25) is 10.0 Å². The van der Waals surface area contributed by atoms with E-state index in [1.165, 1.54) is 55.3 Å². The number of nitrogens with one attached hydrogen (secondary N) is 3. The molecule has 0 aliphatic carbocycles. The van der Waals surface area contributed by atoms with Crippen LogP contribution in [0.1, 0.15) is 6.42 Å². The fourth-order valence-corrected chi connectivity index (χ4v) is 4.54. The summed E-state index contributed by atoms with van der Waals surface area (Å²) in [6.07, 6.45) is 2.23. The van der Waals surface area contributed by atoms with Gasteiger partial charge in [0.1, 0.15) is 11.8 Å². The average Bonchev–Trinajstić information content (AvgIpc) is 2.72. The Labute approximate surface area is 200 Å². The first-order valence-corrected chi connectivity index (χ1v) is 12.7. The fraction of sp³-hybridized carbons (Fsp3) is 0.263. The van der Waals surface area contributed by atoms with Crippen molar-refractivity contribution < 1.29 is 22.7 Å². The van der Waals surface area contributed by atoms with Gasteiger partial charge in [0.25, 0.3) is 10.0 Å². The number of carbonyl (C=O) groups excluding carboxylic acids is 2. The number of halogens is 2. The molecule has 0 bridgehead atoms. The molecule has 3 amide bonds. The Hall–Kier alpha value is -2.34. The van der Waals surface area contributed by atoms with E-state index < -0.39 is 28.0 Å². The van der Waals surface area contributed by atoms with Crippen LogP contribution in [0.15, 0.2) is 41.3 Å². The number of hydrogen-bond donors (Lipinski definition) is 4. The Morgan fingerprint density at radius 2 is 1.88 bits per heavy atom. The number of urea groups is 1. The van der Waals surface area contributed by atoms with Crippen molar-refractivity contribution in [3.05, 3.63) is 46.4 Å². The number of carbonyl (C=O) groups is 2. The van der Waals surface area contributed by atoms with E-state index in [-0.39, 0.29) is 32.1 Å². The van der Waals surface area contributed by atoms with Crippen LogP contribution in [0.25, 0.3) is 0 Å². The number of sulfonamides is 1. The predicted molar refractivity (Wildman–Crippen MR) is 128 cm³/mol. The summed E-state index contributed by atoms with van der Waals surface area (Å²) in [7, 11) is -2.66. The summed E-state index contributed by atoms with van der Waals surface area (Å²) in [5.74, 6) is 0.345. The van der Waals surface area contributed by atoms with Gasteiger partial charge in [0, 0.05) is 5.69 Å². The van der Waals surface area contributed by atoms with Crippen molar-refractivity contribution in [2.24, 2.45) is 5.73 Å². The highest BCUT2D eigenvalue weighted by Gasteiger charge is 2.21. The van der Waals surface area contributed by atoms with E-state index in [9.17, 15) is 18.0 Å². The zero-order valence-corrected chi connectivity index (χ0v) is 20.3. The maximum Gasteiger partial charge on any atom is 0.312 e. The molecule has 1 atom stereocenters. The van der Waals surface area contributed by atoms with E-state index >= 15 is 0 Å². The fourth-order valence-electron chi connectivity index (χ4n) is 2.62. The van der Waals surface area contributed by atoms with E-state index in [4.69, 9.17) is 33.7 Å². The molecule has 0 unspecified atom stereocenters. The van der Waals surface area contributed by atoms with Crippen LogP contribution in [0, 0.1) is 0 Å². The number of rotatable bonds is 10. The largest absolute Gasteiger partial charge is 0.495 e. The van der Waals surface area contributed by atoms with Crippen LogP contribution < -0.4 is 25.8 Å². The zero-order chi connectivity index (χ0) is 23.9. The molecule has 0 aromatic heterocycles. The van der Waals surface area contributed by atoms with Crippen molar-refractivity contribution in [3.8, 4) is 5.75 Å². The summed E-state index contributed by atoms with van der Waals surface area (Å²) >= 11 is 13.3. The van der Waals surface area contributed by atoms with Crippen LogP contribution in [-0.4, -0.2) is 45.5 Å². The quantitative estimate of drug-likeness (QED) is 0.377. The van der Waals surface area contributed by atoms with Gasteiger partial charge in [0.15, 0.2) is 0 Å². The summed E-state index contributed by atoms with van der Waals surface area (Å²) < 4.78 is 33.2. The Kier molecular flexibility index (Phi) is 9.32. The smallest absolute Gasteiger partial charge is 0.312 e. The van der Waals surface area contributed by atoms with Gasteiger partial charge < -0.3 is 21.1 Å². The zero-order valence-electron chi connectivity index (χ0n) is 17.1. The van der Waals surface area contributed by atoms with E-state index in [1.54, 1.807) is 0 Å². The van der Waals surface area contributed by atoms with Crippen molar-refractivity contribution in [2.45, 2.75) is 17.4 Å². The van der Waals surface area contributed by atoms with Gasteiger partial charge in [-0.25, -0.2) is 13.2 Å². The Morgan fingerprint density at radius 3 is 2.47 bits per heavy atom. The summed E-state index contributed by atoms with van der Waals surface area (Å²) in [6.45, 7) is 0. The average molecular weight is 521 g/mol. The molecule has 13 heteroatoms. The molecule has 174 valence electrons. The van der Waals surface area contributed by atoms with Crippen LogP contribution in [0.4, 0.5) is 16.2 Å². The second-order valence-electron chi connectivity index (χ2n) is 6.43. The maximum absolute atomic E-state index is 12.8. The summed E-state index contributed by atoms with van der Waals surface area (Å²) in [5.41, 5.74) is 5.52. The number of anilines is 2. The second kappa shape index (κ2) is 11.5. The van der Waals surface area contributed by atoms with Crippen LogP contribution in [0.5, 0.6) is 5.75 Å². The summed E-state index contributed by atoms with van der Waals surface area (Å²) in [6, 6.07) is 6.63. The lowest BCUT2D eigenvalue weighted by Crippen LogP contribution is -2.46. The van der Waals surface area contributed by atoms with Crippen LogP contribution >= 0.6 is 35.0 Å². The van der Waals surface area contributed by atoms with Crippen molar-refractivity contribution in [2.75, 3.05) is 29.2 Å². The molecule has 0 aliphatic heterocycles. The first kappa shape index (κ1) is 25.9. The molecular formula is C19H22Cl2N4O5S2. The third-order valence-electron chi connectivity index (χ3n) is 4.16. The molecule has 0 aliphatic rings. The molecule has 2 rings (SSSR count). The first-order chi connectivity index (χ1) is 15.1.